The summed E-state index contributed by atoms with van der Waals surface area (Å²) in [7, 11) is 2.20. The summed E-state index contributed by atoms with van der Waals surface area (Å²) in [5, 5.41) is 19.4. The number of allylic oxidation sites excluding steroid dienone is 1. The van der Waals surface area contributed by atoms with Crippen LogP contribution in [0.2, 0.25) is 0 Å². The highest BCUT2D eigenvalue weighted by atomic mass is 35.5. The monoisotopic (exact) mass is 529 g/mol. The van der Waals surface area contributed by atoms with Crippen LogP contribution < -0.4 is 4.74 Å². The van der Waals surface area contributed by atoms with E-state index in [1.165, 1.54) is 25.0 Å². The zero-order chi connectivity index (χ0) is 23.8. The smallest absolute Gasteiger partial charge is 0.119 e. The summed E-state index contributed by atoms with van der Waals surface area (Å²) in [6, 6.07) is 26.6. The van der Waals surface area contributed by atoms with Gasteiger partial charge in [-0.2, -0.15) is 0 Å². The lowest BCUT2D eigenvalue weighted by atomic mass is 9.87. The molecule has 0 spiro atoms. The summed E-state index contributed by atoms with van der Waals surface area (Å²) >= 11 is 0. The first kappa shape index (κ1) is 29.7. The Balaban J connectivity index is 0.00000228. The number of hydrogen-bond donors (Lipinski definition) is 2. The Bertz CT molecular complexity index is 1070. The lowest BCUT2D eigenvalue weighted by Crippen LogP contribution is -2.26. The summed E-state index contributed by atoms with van der Waals surface area (Å²) in [5.74, 6) is 1.13. The summed E-state index contributed by atoms with van der Waals surface area (Å²) in [4.78, 5) is 2.43. The number of phenolic OH excluding ortho intramolecular Hbond substituents is 1. The summed E-state index contributed by atoms with van der Waals surface area (Å²) in [6.07, 6.45) is 5.03. The number of phenols is 1. The second-order valence-electron chi connectivity index (χ2n) is 9.03. The molecule has 4 rings (SSSR count). The van der Waals surface area contributed by atoms with E-state index in [-0.39, 0.29) is 37.2 Å². The van der Waals surface area contributed by atoms with E-state index in [0.29, 0.717) is 12.5 Å². The maximum atomic E-state index is 9.85. The number of aliphatic hydroxyl groups excluding tert-OH is 1. The Morgan fingerprint density at radius 3 is 2.11 bits per heavy atom. The molecule has 1 aliphatic rings. The molecule has 4 nitrogen and oxygen atoms in total. The van der Waals surface area contributed by atoms with Crippen molar-refractivity contribution in [3.05, 3.63) is 95.6 Å². The lowest BCUT2D eigenvalue weighted by Gasteiger charge is -2.20. The molecule has 36 heavy (non-hydrogen) atoms. The minimum atomic E-state index is 0. The average molecular weight is 531 g/mol. The third-order valence-electron chi connectivity index (χ3n) is 6.70. The van der Waals surface area contributed by atoms with Crippen molar-refractivity contribution in [3.63, 3.8) is 0 Å². The molecule has 1 saturated heterocycles. The van der Waals surface area contributed by atoms with Gasteiger partial charge in [0.2, 0.25) is 0 Å². The van der Waals surface area contributed by atoms with Crippen LogP contribution >= 0.6 is 24.8 Å². The van der Waals surface area contributed by atoms with Crippen LogP contribution in [0.5, 0.6) is 11.5 Å². The molecule has 3 aromatic carbocycles. The van der Waals surface area contributed by atoms with E-state index in [1.807, 2.05) is 42.5 Å². The molecule has 1 atom stereocenters. The first-order valence-corrected chi connectivity index (χ1v) is 12.3. The molecule has 0 radical (unpaired) electrons. The normalized spacial score (nSPS) is 16.0. The molecule has 0 unspecified atom stereocenters. The van der Waals surface area contributed by atoms with Crippen molar-refractivity contribution in [1.82, 2.24) is 4.90 Å². The van der Waals surface area contributed by atoms with Crippen LogP contribution in [0.1, 0.15) is 48.8 Å². The second-order valence-corrected chi connectivity index (χ2v) is 9.03. The van der Waals surface area contributed by atoms with Gasteiger partial charge < -0.3 is 19.8 Å². The third-order valence-corrected chi connectivity index (χ3v) is 6.70. The molecule has 0 aromatic heterocycles. The number of hydrogen-bond acceptors (Lipinski definition) is 4. The first-order valence-electron chi connectivity index (χ1n) is 12.3. The lowest BCUT2D eigenvalue weighted by molar-refractivity contribution is 0.233. The maximum Gasteiger partial charge on any atom is 0.119 e. The molecule has 0 aliphatic carbocycles. The highest BCUT2D eigenvalue weighted by Gasteiger charge is 2.20. The number of likely N-dealkylation sites (tertiary alicyclic amines) is 1. The quantitative estimate of drug-likeness (QED) is 0.282. The summed E-state index contributed by atoms with van der Waals surface area (Å²) in [6.45, 7) is 2.05. The minimum Gasteiger partial charge on any atom is -0.508 e. The number of aromatic hydroxyl groups is 1. The van der Waals surface area contributed by atoms with Crippen molar-refractivity contribution in [2.75, 3.05) is 26.8 Å². The fraction of sp³-hybridized carbons (Fsp3) is 0.333. The van der Waals surface area contributed by atoms with Crippen LogP contribution in [-0.4, -0.2) is 48.0 Å². The third kappa shape index (κ3) is 7.75. The van der Waals surface area contributed by atoms with Gasteiger partial charge in [0.15, 0.2) is 0 Å². The standard InChI is InChI=1S/C30H35NO3.2ClH/c1-31-20-5-9-26(31)19-22-34-28-17-13-25(14-18-28)30(24-11-15-27(33)16-12-24)29(10-6-21-32)23-7-3-2-4-8-23;;/h2-4,7-8,11-18,26,32-33H,5-6,9-10,19-22H2,1H3;2*1H/b30-29-;;/t26-;;/m1../s1. The first-order chi connectivity index (χ1) is 16.7. The Morgan fingerprint density at radius 1 is 0.889 bits per heavy atom. The van der Waals surface area contributed by atoms with E-state index in [0.717, 1.165) is 47.5 Å². The van der Waals surface area contributed by atoms with Gasteiger partial charge in [-0.1, -0.05) is 54.6 Å². The zero-order valence-electron chi connectivity index (χ0n) is 20.8. The van der Waals surface area contributed by atoms with Crippen molar-refractivity contribution >= 4 is 36.0 Å². The Morgan fingerprint density at radius 2 is 1.53 bits per heavy atom. The highest BCUT2D eigenvalue weighted by molar-refractivity contribution is 5.98. The van der Waals surface area contributed by atoms with Gasteiger partial charge in [-0.15, -0.1) is 24.8 Å². The maximum absolute atomic E-state index is 9.85. The van der Waals surface area contributed by atoms with Crippen LogP contribution in [0.25, 0.3) is 11.1 Å². The summed E-state index contributed by atoms with van der Waals surface area (Å²) in [5.41, 5.74) is 5.55. The van der Waals surface area contributed by atoms with E-state index in [4.69, 9.17) is 4.74 Å². The molecule has 2 N–H and O–H groups in total. The molecule has 1 heterocycles. The average Bonchev–Trinajstić information content (AvgIpc) is 3.28. The Kier molecular flexibility index (Phi) is 12.3. The Labute approximate surface area is 227 Å². The van der Waals surface area contributed by atoms with Gasteiger partial charge in [-0.25, -0.2) is 0 Å². The van der Waals surface area contributed by atoms with Crippen molar-refractivity contribution in [2.24, 2.45) is 0 Å². The van der Waals surface area contributed by atoms with Crippen molar-refractivity contribution in [1.29, 1.82) is 0 Å². The molecule has 1 aliphatic heterocycles. The van der Waals surface area contributed by atoms with Gasteiger partial charge in [0, 0.05) is 12.6 Å². The molecule has 194 valence electrons. The van der Waals surface area contributed by atoms with Gasteiger partial charge in [-0.05, 0) is 97.8 Å². The van der Waals surface area contributed by atoms with E-state index in [9.17, 15) is 10.2 Å². The number of halogens is 2. The van der Waals surface area contributed by atoms with Gasteiger partial charge >= 0.3 is 0 Å². The fourth-order valence-electron chi connectivity index (χ4n) is 4.83. The number of aliphatic hydroxyl groups is 1. The molecule has 3 aromatic rings. The summed E-state index contributed by atoms with van der Waals surface area (Å²) < 4.78 is 6.07. The van der Waals surface area contributed by atoms with E-state index < -0.39 is 0 Å². The van der Waals surface area contributed by atoms with Crippen molar-refractivity contribution in [3.8, 4) is 11.5 Å². The van der Waals surface area contributed by atoms with Crippen molar-refractivity contribution < 1.29 is 14.9 Å². The van der Waals surface area contributed by atoms with Gasteiger partial charge in [-0.3, -0.25) is 0 Å². The topological polar surface area (TPSA) is 52.9 Å². The van der Waals surface area contributed by atoms with E-state index in [1.54, 1.807) is 12.1 Å². The van der Waals surface area contributed by atoms with Crippen LogP contribution in [0.15, 0.2) is 78.9 Å². The van der Waals surface area contributed by atoms with Crippen LogP contribution in [-0.2, 0) is 0 Å². The van der Waals surface area contributed by atoms with E-state index in [2.05, 4.69) is 36.2 Å². The molecule has 0 amide bonds. The number of ether oxygens (including phenoxy) is 1. The van der Waals surface area contributed by atoms with Gasteiger partial charge in [0.25, 0.3) is 0 Å². The Hall–Kier alpha value is -2.50. The minimum absolute atomic E-state index is 0. The molecular formula is C30H37Cl2NO3. The van der Waals surface area contributed by atoms with Gasteiger partial charge in [0.1, 0.15) is 11.5 Å². The number of benzene rings is 3. The molecule has 1 fully saturated rings. The fourth-order valence-corrected chi connectivity index (χ4v) is 4.83. The molecule has 6 heteroatoms. The van der Waals surface area contributed by atoms with Crippen molar-refractivity contribution in [2.45, 2.75) is 38.1 Å². The predicted octanol–water partition coefficient (Wildman–Crippen LogP) is 6.83. The number of nitrogens with zero attached hydrogens (tertiary/aromatic N) is 1. The SMILES string of the molecule is CN1CCC[C@@H]1CCOc1ccc(/C(=C(/CCCO)c2ccccc2)c2ccc(O)cc2)cc1.Cl.Cl. The van der Waals surface area contributed by atoms with Gasteiger partial charge in [0.05, 0.1) is 6.61 Å². The van der Waals surface area contributed by atoms with Crippen LogP contribution in [0.3, 0.4) is 0 Å². The van der Waals surface area contributed by atoms with E-state index >= 15 is 0 Å². The largest absolute Gasteiger partial charge is 0.508 e. The predicted molar refractivity (Wildman–Crippen MR) is 153 cm³/mol. The zero-order valence-corrected chi connectivity index (χ0v) is 22.4. The number of rotatable bonds is 10. The molecule has 0 saturated carbocycles. The van der Waals surface area contributed by atoms with Crippen LogP contribution in [0, 0.1) is 0 Å². The second kappa shape index (κ2) is 14.9. The van der Waals surface area contributed by atoms with Crippen LogP contribution in [0.4, 0.5) is 0 Å². The molecule has 0 bridgehead atoms. The highest BCUT2D eigenvalue weighted by Crippen LogP contribution is 2.36. The molecular weight excluding hydrogens is 493 g/mol.